The van der Waals surface area contributed by atoms with Crippen molar-refractivity contribution in [3.8, 4) is 5.95 Å². The van der Waals surface area contributed by atoms with E-state index in [1.165, 1.54) is 0 Å². The van der Waals surface area contributed by atoms with Gasteiger partial charge in [-0.3, -0.25) is 4.79 Å². The summed E-state index contributed by atoms with van der Waals surface area (Å²) in [5.74, 6) is -0.684. The van der Waals surface area contributed by atoms with Crippen LogP contribution in [0.25, 0.3) is 11.0 Å². The molecule has 3 aromatic rings. The molecule has 1 heterocycles. The Morgan fingerprint density at radius 2 is 1.89 bits per heavy atom. The first-order valence-corrected chi connectivity index (χ1v) is 6.05. The fraction of sp³-hybridized carbons (Fsp3) is 0. The molecular weight excluding hydrogens is 264 g/mol. The fourth-order valence-corrected chi connectivity index (χ4v) is 2.22. The van der Waals surface area contributed by atoms with Crippen LogP contribution >= 0.6 is 11.6 Å². The number of halogens is 1. The average Bonchev–Trinajstić information content (AvgIpc) is 2.74. The molecule has 0 atom stereocenters. The Hall–Kier alpha value is -2.26. The number of para-hydroxylation sites is 1. The van der Waals surface area contributed by atoms with Crippen molar-refractivity contribution < 1.29 is 14.3 Å². The number of hydrogen-bond donors (Lipinski definition) is 1. The summed E-state index contributed by atoms with van der Waals surface area (Å²) < 4.78 is 5.17. The molecule has 0 bridgehead atoms. The van der Waals surface area contributed by atoms with Crippen LogP contribution in [0, 0.1) is 0 Å². The van der Waals surface area contributed by atoms with E-state index in [1.54, 1.807) is 48.5 Å². The molecule has 0 unspecified atom stereocenters. The highest BCUT2D eigenvalue weighted by atomic mass is 35.5. The van der Waals surface area contributed by atoms with Gasteiger partial charge >= 0.3 is 0 Å². The van der Waals surface area contributed by atoms with Crippen LogP contribution in [0.1, 0.15) is 15.9 Å². The summed E-state index contributed by atoms with van der Waals surface area (Å²) in [6.07, 6.45) is 0. The van der Waals surface area contributed by atoms with Gasteiger partial charge in [0.15, 0.2) is 0 Å². The van der Waals surface area contributed by atoms with Crippen LogP contribution in [-0.2, 0) is 0 Å². The molecule has 0 saturated heterocycles. The number of rotatable bonds is 2. The molecule has 0 fully saturated rings. The standard InChI is InChI=1S/C15H9ClO3/c16-10-5-3-4-9(8-10)14(17)13-11-6-1-2-7-12(11)19-15(13)18/h1-8,18H. The van der Waals surface area contributed by atoms with E-state index >= 15 is 0 Å². The van der Waals surface area contributed by atoms with Crippen LogP contribution in [0.4, 0.5) is 0 Å². The van der Waals surface area contributed by atoms with E-state index in [9.17, 15) is 9.90 Å². The third-order valence-corrected chi connectivity index (χ3v) is 3.13. The molecule has 0 aliphatic heterocycles. The van der Waals surface area contributed by atoms with Gasteiger partial charge in [0.1, 0.15) is 11.1 Å². The van der Waals surface area contributed by atoms with Gasteiger partial charge in [-0.2, -0.15) is 0 Å². The zero-order valence-electron chi connectivity index (χ0n) is 9.76. The lowest BCUT2D eigenvalue weighted by molar-refractivity contribution is 0.103. The van der Waals surface area contributed by atoms with Crippen molar-refractivity contribution in [1.82, 2.24) is 0 Å². The van der Waals surface area contributed by atoms with Crippen molar-refractivity contribution in [1.29, 1.82) is 0 Å². The second-order valence-electron chi connectivity index (χ2n) is 4.12. The van der Waals surface area contributed by atoms with E-state index in [2.05, 4.69) is 0 Å². The lowest BCUT2D eigenvalue weighted by Gasteiger charge is -2.00. The molecule has 3 nitrogen and oxygen atoms in total. The number of carbonyl (C=O) groups is 1. The minimum atomic E-state index is -0.369. The Morgan fingerprint density at radius 1 is 1.11 bits per heavy atom. The van der Waals surface area contributed by atoms with Crippen LogP contribution in [0.2, 0.25) is 5.02 Å². The van der Waals surface area contributed by atoms with Crippen LogP contribution in [0.15, 0.2) is 52.9 Å². The van der Waals surface area contributed by atoms with Crippen molar-refractivity contribution in [3.05, 3.63) is 64.7 Å². The Kier molecular flexibility index (Phi) is 2.76. The number of furan rings is 1. The molecule has 19 heavy (non-hydrogen) atoms. The highest BCUT2D eigenvalue weighted by molar-refractivity contribution is 6.31. The number of hydrogen-bond acceptors (Lipinski definition) is 3. The van der Waals surface area contributed by atoms with Crippen molar-refractivity contribution in [2.45, 2.75) is 0 Å². The van der Waals surface area contributed by atoms with E-state index in [-0.39, 0.29) is 17.3 Å². The molecule has 4 heteroatoms. The normalized spacial score (nSPS) is 10.8. The highest BCUT2D eigenvalue weighted by Crippen LogP contribution is 2.32. The van der Waals surface area contributed by atoms with Gasteiger partial charge in [-0.05, 0) is 18.2 Å². The molecule has 3 rings (SSSR count). The van der Waals surface area contributed by atoms with Gasteiger partial charge in [-0.15, -0.1) is 0 Å². The predicted molar refractivity (Wildman–Crippen MR) is 72.8 cm³/mol. The number of benzene rings is 2. The maximum Gasteiger partial charge on any atom is 0.294 e. The summed E-state index contributed by atoms with van der Waals surface area (Å²) in [6, 6.07) is 13.6. The van der Waals surface area contributed by atoms with Gasteiger partial charge < -0.3 is 9.52 Å². The molecule has 2 aromatic carbocycles. The van der Waals surface area contributed by atoms with Crippen LogP contribution < -0.4 is 0 Å². The first kappa shape index (κ1) is 11.8. The zero-order valence-corrected chi connectivity index (χ0v) is 10.5. The molecule has 0 aliphatic rings. The third kappa shape index (κ3) is 1.98. The fourth-order valence-electron chi connectivity index (χ4n) is 2.03. The summed E-state index contributed by atoms with van der Waals surface area (Å²) in [5.41, 5.74) is 1.05. The monoisotopic (exact) mass is 272 g/mol. The van der Waals surface area contributed by atoms with Gasteiger partial charge in [-0.25, -0.2) is 0 Å². The van der Waals surface area contributed by atoms with Crippen molar-refractivity contribution in [2.24, 2.45) is 0 Å². The van der Waals surface area contributed by atoms with Gasteiger partial charge in [0.25, 0.3) is 5.95 Å². The number of ketones is 1. The summed E-state index contributed by atoms with van der Waals surface area (Å²) in [6.45, 7) is 0. The number of carbonyl (C=O) groups excluding carboxylic acids is 1. The maximum atomic E-state index is 12.4. The molecule has 94 valence electrons. The lowest BCUT2D eigenvalue weighted by Crippen LogP contribution is -2.00. The van der Waals surface area contributed by atoms with Gasteiger partial charge in [-0.1, -0.05) is 41.9 Å². The maximum absolute atomic E-state index is 12.4. The largest absolute Gasteiger partial charge is 0.480 e. The third-order valence-electron chi connectivity index (χ3n) is 2.89. The molecule has 0 saturated carbocycles. The smallest absolute Gasteiger partial charge is 0.294 e. The number of fused-ring (bicyclic) bond motifs is 1. The van der Waals surface area contributed by atoms with E-state index in [0.29, 0.717) is 21.6 Å². The lowest BCUT2D eigenvalue weighted by atomic mass is 10.0. The van der Waals surface area contributed by atoms with Gasteiger partial charge in [0.2, 0.25) is 5.78 Å². The zero-order chi connectivity index (χ0) is 13.4. The second kappa shape index (κ2) is 4.44. The Morgan fingerprint density at radius 3 is 2.68 bits per heavy atom. The first-order chi connectivity index (χ1) is 9.16. The quantitative estimate of drug-likeness (QED) is 0.717. The van der Waals surface area contributed by atoms with E-state index in [0.717, 1.165) is 0 Å². The summed E-state index contributed by atoms with van der Waals surface area (Å²) in [5, 5.41) is 10.9. The van der Waals surface area contributed by atoms with Crippen LogP contribution in [0.3, 0.4) is 0 Å². The minimum Gasteiger partial charge on any atom is -0.480 e. The SMILES string of the molecule is O=C(c1cccc(Cl)c1)c1c(O)oc2ccccc12. The Balaban J connectivity index is 2.19. The van der Waals surface area contributed by atoms with Crippen LogP contribution in [0.5, 0.6) is 5.95 Å². The summed E-state index contributed by atoms with van der Waals surface area (Å²) in [7, 11) is 0. The molecule has 0 amide bonds. The molecule has 0 aliphatic carbocycles. The predicted octanol–water partition coefficient (Wildman–Crippen LogP) is 4.02. The molecule has 1 N–H and O–H groups in total. The first-order valence-electron chi connectivity index (χ1n) is 5.67. The molecular formula is C15H9ClO3. The number of aromatic hydroxyl groups is 1. The Bertz CT molecular complexity index is 774. The van der Waals surface area contributed by atoms with Gasteiger partial charge in [0, 0.05) is 16.0 Å². The Labute approximate surface area is 114 Å². The van der Waals surface area contributed by atoms with E-state index in [4.69, 9.17) is 16.0 Å². The second-order valence-corrected chi connectivity index (χ2v) is 4.55. The van der Waals surface area contributed by atoms with Crippen LogP contribution in [-0.4, -0.2) is 10.9 Å². The molecule has 0 spiro atoms. The average molecular weight is 273 g/mol. The van der Waals surface area contributed by atoms with E-state index in [1.807, 2.05) is 0 Å². The van der Waals surface area contributed by atoms with E-state index < -0.39 is 0 Å². The topological polar surface area (TPSA) is 50.4 Å². The summed E-state index contributed by atoms with van der Waals surface area (Å²) >= 11 is 5.87. The van der Waals surface area contributed by atoms with Gasteiger partial charge in [0.05, 0.1) is 0 Å². The highest BCUT2D eigenvalue weighted by Gasteiger charge is 2.21. The minimum absolute atomic E-state index is 0.165. The van der Waals surface area contributed by atoms with Crippen molar-refractivity contribution in [2.75, 3.05) is 0 Å². The molecule has 0 radical (unpaired) electrons. The summed E-state index contributed by atoms with van der Waals surface area (Å²) in [4.78, 5) is 12.4. The van der Waals surface area contributed by atoms with Crippen molar-refractivity contribution >= 4 is 28.4 Å². The van der Waals surface area contributed by atoms with Crippen molar-refractivity contribution in [3.63, 3.8) is 0 Å². The molecule has 1 aromatic heterocycles.